The number of nitrogens with zero attached hydrogens (tertiary/aromatic N) is 3. The number of aromatic nitrogens is 2. The number of carbonyl (C=O) groups is 1. The van der Waals surface area contributed by atoms with Crippen LogP contribution in [0.25, 0.3) is 0 Å². The van der Waals surface area contributed by atoms with Gasteiger partial charge in [-0.05, 0) is 58.7 Å². The Balaban J connectivity index is 1.84. The van der Waals surface area contributed by atoms with E-state index in [0.717, 1.165) is 25.4 Å². The van der Waals surface area contributed by atoms with E-state index in [1.54, 1.807) is 4.90 Å². The molecule has 3 N–H and O–H groups in total. The molecular formula is C24H29F4N5O3. The van der Waals surface area contributed by atoms with Crippen LogP contribution in [-0.4, -0.2) is 50.2 Å². The van der Waals surface area contributed by atoms with Gasteiger partial charge in [0.1, 0.15) is 11.4 Å². The van der Waals surface area contributed by atoms with Gasteiger partial charge in [0, 0.05) is 22.8 Å². The standard InChI is InChI=1S/C24H29F4N5O3/c1-13(20(34)35)33-22(2,3)10-15(11-23(33,4)5)30-19-17(25)12-29-21(32-19)31-14-7-8-18(36-6)16(9-14)24(26,27)28/h7-9,12,15H,1,10-11H2,2-6H3,(H,34,35)(H2,29,30,31,32). The van der Waals surface area contributed by atoms with Gasteiger partial charge in [-0.25, -0.2) is 14.2 Å². The highest BCUT2D eigenvalue weighted by molar-refractivity contribution is 5.85. The van der Waals surface area contributed by atoms with Crippen molar-refractivity contribution >= 4 is 23.4 Å². The van der Waals surface area contributed by atoms with E-state index in [9.17, 15) is 27.5 Å². The molecule has 1 aromatic carbocycles. The monoisotopic (exact) mass is 511 g/mol. The van der Waals surface area contributed by atoms with Gasteiger partial charge < -0.3 is 25.4 Å². The van der Waals surface area contributed by atoms with E-state index < -0.39 is 34.6 Å². The highest BCUT2D eigenvalue weighted by Gasteiger charge is 2.47. The molecule has 2 aromatic rings. The van der Waals surface area contributed by atoms with Gasteiger partial charge >= 0.3 is 12.1 Å². The minimum atomic E-state index is -4.64. The maximum atomic E-state index is 14.6. The predicted octanol–water partition coefficient (Wildman–Crippen LogP) is 5.42. The number of benzene rings is 1. The first-order valence-electron chi connectivity index (χ1n) is 11.1. The smallest absolute Gasteiger partial charge is 0.420 e. The zero-order valence-electron chi connectivity index (χ0n) is 20.6. The van der Waals surface area contributed by atoms with Crippen molar-refractivity contribution in [1.82, 2.24) is 14.9 Å². The lowest BCUT2D eigenvalue weighted by atomic mass is 9.76. The number of rotatable bonds is 7. The number of ether oxygens (including phenoxy) is 1. The molecule has 1 saturated heterocycles. The highest BCUT2D eigenvalue weighted by atomic mass is 19.4. The molecule has 0 amide bonds. The number of carboxylic acid groups (broad SMARTS) is 1. The molecule has 0 bridgehead atoms. The average Bonchev–Trinajstić information content (AvgIpc) is 2.73. The number of piperidine rings is 1. The summed E-state index contributed by atoms with van der Waals surface area (Å²) in [6, 6.07) is 3.10. The maximum absolute atomic E-state index is 14.6. The Hall–Kier alpha value is -3.57. The number of alkyl halides is 3. The van der Waals surface area contributed by atoms with Crippen LogP contribution in [0.4, 0.5) is 35.0 Å². The first-order valence-corrected chi connectivity index (χ1v) is 11.1. The van der Waals surface area contributed by atoms with Crippen molar-refractivity contribution < 1.29 is 32.2 Å². The second-order valence-corrected chi connectivity index (χ2v) is 9.89. The van der Waals surface area contributed by atoms with Crippen LogP contribution in [-0.2, 0) is 11.0 Å². The Morgan fingerprint density at radius 2 is 1.83 bits per heavy atom. The molecule has 0 spiro atoms. The van der Waals surface area contributed by atoms with E-state index in [1.165, 1.54) is 6.07 Å². The lowest BCUT2D eigenvalue weighted by Gasteiger charge is -2.56. The Morgan fingerprint density at radius 3 is 2.36 bits per heavy atom. The number of methoxy groups -OCH3 is 1. The number of nitrogens with one attached hydrogen (secondary N) is 2. The van der Waals surface area contributed by atoms with Crippen molar-refractivity contribution in [2.24, 2.45) is 0 Å². The summed E-state index contributed by atoms with van der Waals surface area (Å²) in [4.78, 5) is 21.3. The van der Waals surface area contributed by atoms with Crippen LogP contribution >= 0.6 is 0 Å². The molecule has 36 heavy (non-hydrogen) atoms. The molecule has 3 rings (SSSR count). The first-order chi connectivity index (χ1) is 16.5. The number of carboxylic acids is 1. The number of aliphatic carboxylic acids is 1. The van der Waals surface area contributed by atoms with E-state index in [0.29, 0.717) is 12.8 Å². The zero-order valence-corrected chi connectivity index (χ0v) is 20.6. The van der Waals surface area contributed by atoms with Gasteiger partial charge in [-0.1, -0.05) is 6.58 Å². The molecule has 0 unspecified atom stereocenters. The number of halogens is 4. The normalized spacial score (nSPS) is 17.4. The van der Waals surface area contributed by atoms with Gasteiger partial charge in [-0.2, -0.15) is 18.2 Å². The lowest BCUT2D eigenvalue weighted by molar-refractivity contribution is -0.139. The van der Waals surface area contributed by atoms with Gasteiger partial charge in [-0.3, -0.25) is 0 Å². The van der Waals surface area contributed by atoms with Gasteiger partial charge in [0.2, 0.25) is 5.95 Å². The molecule has 0 radical (unpaired) electrons. The first kappa shape index (κ1) is 27.0. The summed E-state index contributed by atoms with van der Waals surface area (Å²) in [6.45, 7) is 11.2. The largest absolute Gasteiger partial charge is 0.496 e. The molecule has 8 nitrogen and oxygen atoms in total. The Morgan fingerprint density at radius 1 is 1.22 bits per heavy atom. The summed E-state index contributed by atoms with van der Waals surface area (Å²) in [5, 5.41) is 15.2. The zero-order chi connectivity index (χ0) is 27.1. The van der Waals surface area contributed by atoms with Gasteiger partial charge in [-0.15, -0.1) is 0 Å². The van der Waals surface area contributed by atoms with Crippen molar-refractivity contribution in [3.63, 3.8) is 0 Å². The highest BCUT2D eigenvalue weighted by Crippen LogP contribution is 2.42. The summed E-state index contributed by atoms with van der Waals surface area (Å²) >= 11 is 0. The molecule has 0 aliphatic carbocycles. The number of hydrogen-bond donors (Lipinski definition) is 3. The molecule has 0 saturated carbocycles. The van der Waals surface area contributed by atoms with E-state index in [1.807, 2.05) is 27.7 Å². The van der Waals surface area contributed by atoms with Crippen molar-refractivity contribution in [3.05, 3.63) is 48.1 Å². The fourth-order valence-corrected chi connectivity index (χ4v) is 5.07. The third-order valence-corrected chi connectivity index (χ3v) is 6.07. The Kier molecular flexibility index (Phi) is 7.11. The average molecular weight is 512 g/mol. The van der Waals surface area contributed by atoms with Crippen molar-refractivity contribution in [2.45, 2.75) is 63.8 Å². The fraction of sp³-hybridized carbons (Fsp3) is 0.458. The van der Waals surface area contributed by atoms with Crippen LogP contribution in [0.5, 0.6) is 5.75 Å². The van der Waals surface area contributed by atoms with Crippen LogP contribution in [0.15, 0.2) is 36.7 Å². The lowest BCUT2D eigenvalue weighted by Crippen LogP contribution is -2.62. The Labute approximate surface area is 206 Å². The maximum Gasteiger partial charge on any atom is 0.420 e. The van der Waals surface area contributed by atoms with Gasteiger partial charge in [0.05, 0.1) is 18.9 Å². The summed E-state index contributed by atoms with van der Waals surface area (Å²) in [5.41, 5.74) is -2.22. The van der Waals surface area contributed by atoms with E-state index in [2.05, 4.69) is 27.2 Å². The summed E-state index contributed by atoms with van der Waals surface area (Å²) in [5.74, 6) is -2.42. The number of likely N-dealkylation sites (tertiary alicyclic amines) is 1. The van der Waals surface area contributed by atoms with Gasteiger partial charge in [0.15, 0.2) is 11.6 Å². The minimum Gasteiger partial charge on any atom is -0.496 e. The van der Waals surface area contributed by atoms with E-state index in [4.69, 9.17) is 4.74 Å². The van der Waals surface area contributed by atoms with Crippen molar-refractivity contribution in [2.75, 3.05) is 17.7 Å². The molecule has 12 heteroatoms. The summed E-state index contributed by atoms with van der Waals surface area (Å²) in [6.07, 6.45) is -2.83. The van der Waals surface area contributed by atoms with Crippen molar-refractivity contribution in [3.8, 4) is 5.75 Å². The molecule has 196 valence electrons. The number of hydrogen-bond acceptors (Lipinski definition) is 7. The molecule has 2 heterocycles. The summed E-state index contributed by atoms with van der Waals surface area (Å²) < 4.78 is 59.4. The second-order valence-electron chi connectivity index (χ2n) is 9.89. The van der Waals surface area contributed by atoms with Crippen LogP contribution in [0.1, 0.15) is 46.1 Å². The third kappa shape index (κ3) is 5.63. The van der Waals surface area contributed by atoms with Crippen LogP contribution in [0.2, 0.25) is 0 Å². The van der Waals surface area contributed by atoms with Crippen LogP contribution in [0.3, 0.4) is 0 Å². The van der Waals surface area contributed by atoms with E-state index >= 15 is 0 Å². The quantitative estimate of drug-likeness (QED) is 0.335. The minimum absolute atomic E-state index is 0.0270. The molecule has 0 atom stereocenters. The summed E-state index contributed by atoms with van der Waals surface area (Å²) in [7, 11) is 1.14. The number of anilines is 3. The van der Waals surface area contributed by atoms with Crippen molar-refractivity contribution in [1.29, 1.82) is 0 Å². The van der Waals surface area contributed by atoms with Crippen LogP contribution < -0.4 is 15.4 Å². The Bertz CT molecular complexity index is 1150. The fourth-order valence-electron chi connectivity index (χ4n) is 5.07. The molecule has 1 aliphatic rings. The SMILES string of the molecule is C=C(C(=O)O)N1C(C)(C)CC(Nc2nc(Nc3ccc(OC)c(C(F)(F)F)c3)ncc2F)CC1(C)C. The third-order valence-electron chi connectivity index (χ3n) is 6.07. The second kappa shape index (κ2) is 9.47. The van der Waals surface area contributed by atoms with Gasteiger partial charge in [0.25, 0.3) is 0 Å². The van der Waals surface area contributed by atoms with Crippen LogP contribution in [0, 0.1) is 5.82 Å². The van der Waals surface area contributed by atoms with E-state index in [-0.39, 0.29) is 34.9 Å². The molecule has 1 fully saturated rings. The molecular weight excluding hydrogens is 482 g/mol. The topological polar surface area (TPSA) is 99.6 Å². The molecule has 1 aromatic heterocycles. The molecule has 1 aliphatic heterocycles. The predicted molar refractivity (Wildman–Crippen MR) is 127 cm³/mol.